The molecule has 4 heterocycles. The molecule has 6 rings (SSSR count). The molecule has 1 aliphatic rings. The fourth-order valence-corrected chi connectivity index (χ4v) is 4.29. The van der Waals surface area contributed by atoms with Gasteiger partial charge in [-0.1, -0.05) is 30.3 Å². The third kappa shape index (κ3) is 3.12. The minimum absolute atomic E-state index is 0.130. The Morgan fingerprint density at radius 3 is 2.75 bits per heavy atom. The summed E-state index contributed by atoms with van der Waals surface area (Å²) >= 11 is 0. The number of aromatic amines is 2. The van der Waals surface area contributed by atoms with Gasteiger partial charge in [0.05, 0.1) is 35.8 Å². The van der Waals surface area contributed by atoms with E-state index in [0.717, 1.165) is 38.8 Å². The summed E-state index contributed by atoms with van der Waals surface area (Å²) in [6.07, 6.45) is 3.48. The van der Waals surface area contributed by atoms with Crippen LogP contribution in [0.1, 0.15) is 22.2 Å². The number of hydrogen-bond acceptors (Lipinski definition) is 5. The number of morpholine rings is 1. The van der Waals surface area contributed by atoms with Gasteiger partial charge in [0.2, 0.25) is 0 Å². The van der Waals surface area contributed by atoms with Crippen molar-refractivity contribution in [3.63, 3.8) is 0 Å². The van der Waals surface area contributed by atoms with Gasteiger partial charge in [-0.15, -0.1) is 0 Å². The summed E-state index contributed by atoms with van der Waals surface area (Å²) < 4.78 is 5.67. The van der Waals surface area contributed by atoms with Gasteiger partial charge in [-0.25, -0.2) is 4.98 Å². The van der Waals surface area contributed by atoms with Gasteiger partial charge in [0.15, 0.2) is 5.82 Å². The highest BCUT2D eigenvalue weighted by atomic mass is 16.5. The van der Waals surface area contributed by atoms with Crippen molar-refractivity contribution in [3.05, 3.63) is 78.4 Å². The summed E-state index contributed by atoms with van der Waals surface area (Å²) in [4.78, 5) is 27.2. The Kier molecular flexibility index (Phi) is 4.43. The van der Waals surface area contributed by atoms with E-state index in [1.807, 2.05) is 59.5 Å². The quantitative estimate of drug-likeness (QED) is 0.460. The van der Waals surface area contributed by atoms with Crippen LogP contribution in [0, 0.1) is 0 Å². The number of pyridine rings is 1. The molecule has 1 aliphatic heterocycles. The third-order valence-corrected chi connectivity index (χ3v) is 5.89. The maximum atomic E-state index is 13.4. The van der Waals surface area contributed by atoms with Gasteiger partial charge in [0.1, 0.15) is 5.69 Å². The predicted octanol–water partition coefficient (Wildman–Crippen LogP) is 3.71. The van der Waals surface area contributed by atoms with Crippen LogP contribution >= 0.6 is 0 Å². The van der Waals surface area contributed by atoms with E-state index in [9.17, 15) is 4.79 Å². The average Bonchev–Trinajstić information content (AvgIpc) is 3.46. The minimum Gasteiger partial charge on any atom is -0.377 e. The van der Waals surface area contributed by atoms with Crippen LogP contribution in [0.15, 0.2) is 67.0 Å². The Hall–Kier alpha value is -4.04. The SMILES string of the molecule is O=C(c1nc2cc3c(-c4ccncc4)n[nH]c3cc2[nH]1)N1CCOC[C@@H]1c1ccccc1. The summed E-state index contributed by atoms with van der Waals surface area (Å²) in [5.41, 5.74) is 5.24. The van der Waals surface area contributed by atoms with Crippen LogP contribution in [-0.2, 0) is 4.74 Å². The molecule has 32 heavy (non-hydrogen) atoms. The Morgan fingerprint density at radius 1 is 1.06 bits per heavy atom. The van der Waals surface area contributed by atoms with E-state index in [2.05, 4.69) is 25.1 Å². The first-order valence-corrected chi connectivity index (χ1v) is 10.5. The zero-order valence-corrected chi connectivity index (χ0v) is 17.2. The number of hydrogen-bond donors (Lipinski definition) is 2. The lowest BCUT2D eigenvalue weighted by Crippen LogP contribution is -2.43. The highest BCUT2D eigenvalue weighted by Gasteiger charge is 2.31. The maximum absolute atomic E-state index is 13.4. The number of aromatic nitrogens is 5. The molecule has 2 aromatic carbocycles. The fourth-order valence-electron chi connectivity index (χ4n) is 4.29. The first-order valence-electron chi connectivity index (χ1n) is 10.5. The number of carbonyl (C=O) groups excluding carboxylic acids is 1. The summed E-state index contributed by atoms with van der Waals surface area (Å²) in [7, 11) is 0. The molecule has 8 nitrogen and oxygen atoms in total. The van der Waals surface area contributed by atoms with E-state index < -0.39 is 0 Å². The van der Waals surface area contributed by atoms with Gasteiger partial charge >= 0.3 is 0 Å². The van der Waals surface area contributed by atoms with Crippen molar-refractivity contribution < 1.29 is 9.53 Å². The third-order valence-electron chi connectivity index (χ3n) is 5.89. The molecule has 1 fully saturated rings. The fraction of sp³-hybridized carbons (Fsp3) is 0.167. The first-order chi connectivity index (χ1) is 15.8. The number of nitrogens with one attached hydrogen (secondary N) is 2. The largest absolute Gasteiger partial charge is 0.377 e. The number of rotatable bonds is 3. The normalized spacial score (nSPS) is 16.6. The zero-order chi connectivity index (χ0) is 21.5. The van der Waals surface area contributed by atoms with E-state index in [1.54, 1.807) is 12.4 Å². The highest BCUT2D eigenvalue weighted by Crippen LogP contribution is 2.30. The molecule has 0 aliphatic carbocycles. The zero-order valence-electron chi connectivity index (χ0n) is 17.2. The molecule has 8 heteroatoms. The van der Waals surface area contributed by atoms with Gasteiger partial charge < -0.3 is 14.6 Å². The van der Waals surface area contributed by atoms with E-state index >= 15 is 0 Å². The number of benzene rings is 2. The summed E-state index contributed by atoms with van der Waals surface area (Å²) in [6.45, 7) is 1.51. The topological polar surface area (TPSA) is 99.8 Å². The Bertz CT molecular complexity index is 1410. The van der Waals surface area contributed by atoms with Crippen LogP contribution in [0.5, 0.6) is 0 Å². The van der Waals surface area contributed by atoms with Crippen molar-refractivity contribution in [2.24, 2.45) is 0 Å². The number of nitrogens with zero attached hydrogens (tertiary/aromatic N) is 4. The molecule has 5 aromatic rings. The molecule has 1 saturated heterocycles. The molecule has 0 unspecified atom stereocenters. The molecule has 1 atom stereocenters. The van der Waals surface area contributed by atoms with Crippen molar-refractivity contribution >= 4 is 27.8 Å². The summed E-state index contributed by atoms with van der Waals surface area (Å²) in [5.74, 6) is 0.198. The Balaban J connectivity index is 1.38. The van der Waals surface area contributed by atoms with Gasteiger partial charge in [-0.05, 0) is 29.8 Å². The number of ether oxygens (including phenoxy) is 1. The Labute approximate surface area is 183 Å². The van der Waals surface area contributed by atoms with Crippen LogP contribution in [0.2, 0.25) is 0 Å². The lowest BCUT2D eigenvalue weighted by molar-refractivity contribution is -0.00326. The van der Waals surface area contributed by atoms with Crippen molar-refractivity contribution in [1.29, 1.82) is 0 Å². The molecule has 3 aromatic heterocycles. The van der Waals surface area contributed by atoms with Crippen LogP contribution in [0.4, 0.5) is 0 Å². The smallest absolute Gasteiger partial charge is 0.290 e. The lowest BCUT2D eigenvalue weighted by atomic mass is 10.0. The second-order valence-electron chi connectivity index (χ2n) is 7.81. The van der Waals surface area contributed by atoms with Crippen LogP contribution in [-0.4, -0.2) is 55.7 Å². The molecule has 0 saturated carbocycles. The molecular weight excluding hydrogens is 404 g/mol. The molecule has 0 bridgehead atoms. The standard InChI is InChI=1S/C24H20N6O2/c31-24(30-10-11-32-14-21(30)15-4-2-1-3-5-15)23-26-19-12-17-18(13-20(19)27-23)28-29-22(17)16-6-8-25-9-7-16/h1-9,12-13,21H,10-11,14H2,(H,26,27)(H,28,29)/t21-/m1/s1. The monoisotopic (exact) mass is 424 g/mol. The van der Waals surface area contributed by atoms with Crippen LogP contribution in [0.3, 0.4) is 0 Å². The number of H-pyrrole nitrogens is 2. The molecule has 0 spiro atoms. The van der Waals surface area contributed by atoms with Gasteiger partial charge in [-0.2, -0.15) is 5.10 Å². The summed E-state index contributed by atoms with van der Waals surface area (Å²) in [6, 6.07) is 17.6. The van der Waals surface area contributed by atoms with Crippen molar-refractivity contribution in [2.45, 2.75) is 6.04 Å². The molecular formula is C24H20N6O2. The van der Waals surface area contributed by atoms with Gasteiger partial charge in [0, 0.05) is 29.9 Å². The van der Waals surface area contributed by atoms with Crippen molar-refractivity contribution in [3.8, 4) is 11.3 Å². The number of imidazole rings is 1. The van der Waals surface area contributed by atoms with Gasteiger partial charge in [0.25, 0.3) is 5.91 Å². The van der Waals surface area contributed by atoms with E-state index in [1.165, 1.54) is 0 Å². The second kappa shape index (κ2) is 7.58. The van der Waals surface area contributed by atoms with Crippen molar-refractivity contribution in [2.75, 3.05) is 19.8 Å². The van der Waals surface area contributed by atoms with Crippen molar-refractivity contribution in [1.82, 2.24) is 30.0 Å². The Morgan fingerprint density at radius 2 is 1.91 bits per heavy atom. The summed E-state index contributed by atoms with van der Waals surface area (Å²) in [5, 5.41) is 8.49. The minimum atomic E-state index is -0.136. The molecule has 2 N–H and O–H groups in total. The van der Waals surface area contributed by atoms with E-state index in [4.69, 9.17) is 4.74 Å². The second-order valence-corrected chi connectivity index (χ2v) is 7.81. The number of amides is 1. The predicted molar refractivity (Wildman–Crippen MR) is 120 cm³/mol. The van der Waals surface area contributed by atoms with E-state index in [0.29, 0.717) is 25.6 Å². The van der Waals surface area contributed by atoms with Gasteiger partial charge in [-0.3, -0.25) is 14.9 Å². The number of carbonyl (C=O) groups is 1. The average molecular weight is 424 g/mol. The number of fused-ring (bicyclic) bond motifs is 2. The lowest BCUT2D eigenvalue weighted by Gasteiger charge is -2.35. The highest BCUT2D eigenvalue weighted by molar-refractivity contribution is 6.02. The molecule has 1 amide bonds. The van der Waals surface area contributed by atoms with Crippen LogP contribution < -0.4 is 0 Å². The van der Waals surface area contributed by atoms with E-state index in [-0.39, 0.29) is 11.9 Å². The molecule has 158 valence electrons. The maximum Gasteiger partial charge on any atom is 0.290 e. The van der Waals surface area contributed by atoms with Crippen LogP contribution in [0.25, 0.3) is 33.2 Å². The molecule has 0 radical (unpaired) electrons. The first kappa shape index (κ1) is 18.7.